The van der Waals surface area contributed by atoms with Gasteiger partial charge in [0.15, 0.2) is 6.10 Å². The van der Waals surface area contributed by atoms with E-state index in [4.69, 9.17) is 9.47 Å². The van der Waals surface area contributed by atoms with Crippen molar-refractivity contribution >= 4 is 11.9 Å². The molecule has 1 heterocycles. The van der Waals surface area contributed by atoms with Crippen molar-refractivity contribution in [2.24, 2.45) is 4.99 Å². The summed E-state index contributed by atoms with van der Waals surface area (Å²) >= 11 is 0. The third-order valence-electron chi connectivity index (χ3n) is 1.77. The highest BCUT2D eigenvalue weighted by molar-refractivity contribution is 5.83. The smallest absolute Gasteiger partial charge is 0.303 e. The van der Waals surface area contributed by atoms with Crippen LogP contribution in [0, 0.1) is 0 Å². The van der Waals surface area contributed by atoms with Gasteiger partial charge in [-0.3, -0.25) is 9.79 Å². The van der Waals surface area contributed by atoms with E-state index in [9.17, 15) is 4.79 Å². The summed E-state index contributed by atoms with van der Waals surface area (Å²) in [6.45, 7) is 4.63. The first-order valence-electron chi connectivity index (χ1n) is 4.58. The Labute approximate surface area is 77.9 Å². The molecular formula is C9H15NO3. The van der Waals surface area contributed by atoms with Crippen molar-refractivity contribution in [1.82, 2.24) is 0 Å². The lowest BCUT2D eigenvalue weighted by atomic mass is 10.1. The zero-order valence-corrected chi connectivity index (χ0v) is 8.08. The van der Waals surface area contributed by atoms with E-state index in [1.165, 1.54) is 6.92 Å². The molecule has 0 N–H and O–H groups in total. The van der Waals surface area contributed by atoms with Crippen LogP contribution in [0.1, 0.15) is 26.7 Å². The average Bonchev–Trinajstić information content (AvgIpc) is 2.08. The first-order chi connectivity index (χ1) is 6.24. The number of carbonyl (C=O) groups is 1. The molecule has 1 aliphatic heterocycles. The second-order valence-corrected chi connectivity index (χ2v) is 2.89. The SMILES string of the molecule is CCOC1=NCCCC1OC(C)=O. The predicted molar refractivity (Wildman–Crippen MR) is 48.7 cm³/mol. The fourth-order valence-corrected chi connectivity index (χ4v) is 1.29. The predicted octanol–water partition coefficient (Wildman–Crippen LogP) is 1.15. The number of aliphatic imine (C=N–C) groups is 1. The summed E-state index contributed by atoms with van der Waals surface area (Å²) in [6, 6.07) is 0. The summed E-state index contributed by atoms with van der Waals surface area (Å²) in [5.74, 6) is 0.295. The van der Waals surface area contributed by atoms with Crippen LogP contribution in [0.3, 0.4) is 0 Å². The highest BCUT2D eigenvalue weighted by Crippen LogP contribution is 2.12. The minimum atomic E-state index is -0.278. The average molecular weight is 185 g/mol. The molecule has 1 aliphatic rings. The lowest BCUT2D eigenvalue weighted by Crippen LogP contribution is -2.31. The molecule has 1 unspecified atom stereocenters. The zero-order valence-electron chi connectivity index (χ0n) is 8.08. The summed E-state index contributed by atoms with van der Waals surface area (Å²) in [5, 5.41) is 0. The zero-order chi connectivity index (χ0) is 9.68. The van der Waals surface area contributed by atoms with Crippen LogP contribution in [0.5, 0.6) is 0 Å². The van der Waals surface area contributed by atoms with Gasteiger partial charge in [0, 0.05) is 13.5 Å². The van der Waals surface area contributed by atoms with Gasteiger partial charge in [-0.05, 0) is 19.8 Å². The van der Waals surface area contributed by atoms with E-state index in [2.05, 4.69) is 4.99 Å². The maximum atomic E-state index is 10.7. The van der Waals surface area contributed by atoms with Gasteiger partial charge in [0.25, 0.3) is 0 Å². The molecule has 0 aliphatic carbocycles. The van der Waals surface area contributed by atoms with Crippen LogP contribution >= 0.6 is 0 Å². The molecule has 1 atom stereocenters. The second-order valence-electron chi connectivity index (χ2n) is 2.89. The molecule has 0 aromatic rings. The van der Waals surface area contributed by atoms with Crippen molar-refractivity contribution in [3.8, 4) is 0 Å². The molecule has 74 valence electrons. The van der Waals surface area contributed by atoms with Gasteiger partial charge in [0.1, 0.15) is 0 Å². The first kappa shape index (κ1) is 10.0. The molecule has 0 amide bonds. The van der Waals surface area contributed by atoms with Gasteiger partial charge in [0.2, 0.25) is 5.90 Å². The fraction of sp³-hybridized carbons (Fsp3) is 0.778. The van der Waals surface area contributed by atoms with E-state index in [0.717, 1.165) is 19.4 Å². The third-order valence-corrected chi connectivity index (χ3v) is 1.77. The topological polar surface area (TPSA) is 47.9 Å². The Morgan fingerprint density at radius 1 is 1.69 bits per heavy atom. The molecule has 0 aromatic carbocycles. The third kappa shape index (κ3) is 3.05. The molecule has 1 rings (SSSR count). The number of esters is 1. The van der Waals surface area contributed by atoms with Crippen LogP contribution in [0.2, 0.25) is 0 Å². The molecule has 0 saturated carbocycles. The lowest BCUT2D eigenvalue weighted by molar-refractivity contribution is -0.144. The number of nitrogens with zero attached hydrogens (tertiary/aromatic N) is 1. The van der Waals surface area contributed by atoms with Crippen LogP contribution in [0.4, 0.5) is 0 Å². The molecule has 0 spiro atoms. The summed E-state index contributed by atoms with van der Waals surface area (Å²) in [6.07, 6.45) is 1.51. The van der Waals surface area contributed by atoms with Gasteiger partial charge in [-0.2, -0.15) is 0 Å². The van der Waals surface area contributed by atoms with Crippen molar-refractivity contribution in [3.63, 3.8) is 0 Å². The number of hydrogen-bond acceptors (Lipinski definition) is 4. The number of ether oxygens (including phenoxy) is 2. The van der Waals surface area contributed by atoms with Gasteiger partial charge in [-0.15, -0.1) is 0 Å². The molecule has 0 saturated heterocycles. The van der Waals surface area contributed by atoms with Gasteiger partial charge in [-0.25, -0.2) is 0 Å². The van der Waals surface area contributed by atoms with Crippen LogP contribution in [0.15, 0.2) is 4.99 Å². The standard InChI is InChI=1S/C9H15NO3/c1-3-12-9-8(13-7(2)11)5-4-6-10-9/h8H,3-6H2,1-2H3. The van der Waals surface area contributed by atoms with E-state index in [0.29, 0.717) is 12.5 Å². The summed E-state index contributed by atoms with van der Waals surface area (Å²) in [4.78, 5) is 14.9. The summed E-state index contributed by atoms with van der Waals surface area (Å²) in [7, 11) is 0. The highest BCUT2D eigenvalue weighted by atomic mass is 16.6. The van der Waals surface area contributed by atoms with Gasteiger partial charge in [-0.1, -0.05) is 0 Å². The maximum Gasteiger partial charge on any atom is 0.303 e. The molecule has 13 heavy (non-hydrogen) atoms. The van der Waals surface area contributed by atoms with E-state index in [-0.39, 0.29) is 12.1 Å². The van der Waals surface area contributed by atoms with Crippen LogP contribution in [-0.4, -0.2) is 31.1 Å². The Morgan fingerprint density at radius 3 is 3.08 bits per heavy atom. The highest BCUT2D eigenvalue weighted by Gasteiger charge is 2.23. The van der Waals surface area contributed by atoms with Gasteiger partial charge < -0.3 is 9.47 Å². The van der Waals surface area contributed by atoms with Crippen LogP contribution in [-0.2, 0) is 14.3 Å². The Morgan fingerprint density at radius 2 is 2.46 bits per heavy atom. The van der Waals surface area contributed by atoms with Gasteiger partial charge >= 0.3 is 5.97 Å². The number of rotatable bonds is 2. The molecule has 4 heteroatoms. The molecular weight excluding hydrogens is 170 g/mol. The van der Waals surface area contributed by atoms with E-state index >= 15 is 0 Å². The fourth-order valence-electron chi connectivity index (χ4n) is 1.29. The minimum absolute atomic E-state index is 0.258. The molecule has 4 nitrogen and oxygen atoms in total. The molecule has 0 fully saturated rings. The van der Waals surface area contributed by atoms with E-state index in [1.54, 1.807) is 0 Å². The largest absolute Gasteiger partial charge is 0.479 e. The van der Waals surface area contributed by atoms with Crippen molar-refractivity contribution in [2.75, 3.05) is 13.2 Å². The number of hydrogen-bond donors (Lipinski definition) is 0. The maximum absolute atomic E-state index is 10.7. The normalized spacial score (nSPS) is 22.0. The van der Waals surface area contributed by atoms with Crippen molar-refractivity contribution in [1.29, 1.82) is 0 Å². The summed E-state index contributed by atoms with van der Waals surface area (Å²) < 4.78 is 10.3. The Kier molecular flexibility index (Phi) is 3.73. The molecule has 0 bridgehead atoms. The second kappa shape index (κ2) is 4.84. The minimum Gasteiger partial charge on any atom is -0.479 e. The Hall–Kier alpha value is -1.06. The number of carbonyl (C=O) groups excluding carboxylic acids is 1. The van der Waals surface area contributed by atoms with E-state index in [1.807, 2.05) is 6.92 Å². The monoisotopic (exact) mass is 185 g/mol. The quantitative estimate of drug-likeness (QED) is 0.606. The molecule has 0 radical (unpaired) electrons. The van der Waals surface area contributed by atoms with E-state index < -0.39 is 0 Å². The van der Waals surface area contributed by atoms with Crippen molar-refractivity contribution < 1.29 is 14.3 Å². The molecule has 0 aromatic heterocycles. The van der Waals surface area contributed by atoms with Crippen LogP contribution in [0.25, 0.3) is 0 Å². The van der Waals surface area contributed by atoms with Crippen molar-refractivity contribution in [2.45, 2.75) is 32.8 Å². The summed E-state index contributed by atoms with van der Waals surface area (Å²) in [5.41, 5.74) is 0. The lowest BCUT2D eigenvalue weighted by Gasteiger charge is -2.21. The van der Waals surface area contributed by atoms with Crippen molar-refractivity contribution in [3.05, 3.63) is 0 Å². The van der Waals surface area contributed by atoms with Gasteiger partial charge in [0.05, 0.1) is 6.61 Å². The first-order valence-corrected chi connectivity index (χ1v) is 4.58. The van der Waals surface area contributed by atoms with Crippen LogP contribution < -0.4 is 0 Å². The Bertz CT molecular complexity index is 213. The Balaban J connectivity index is 2.54.